The molecule has 3 aliphatic heterocycles. The van der Waals surface area contributed by atoms with Crippen molar-refractivity contribution in [2.45, 2.75) is 76.2 Å². The summed E-state index contributed by atoms with van der Waals surface area (Å²) in [5, 5.41) is 3.29. The molecule has 0 radical (unpaired) electrons. The van der Waals surface area contributed by atoms with Crippen LogP contribution in [-0.2, 0) is 4.74 Å². The normalized spacial score (nSPS) is 29.8. The first kappa shape index (κ1) is 23.0. The molecule has 3 aliphatic rings. The number of nitrogens with zero attached hydrogens (tertiary/aromatic N) is 4. The minimum absolute atomic E-state index is 0.00757. The van der Waals surface area contributed by atoms with Crippen molar-refractivity contribution in [3.63, 3.8) is 0 Å². The van der Waals surface area contributed by atoms with E-state index < -0.39 is 0 Å². The second-order valence-corrected chi connectivity index (χ2v) is 10.2. The fraction of sp³-hybridized carbons (Fsp3) is 0.640. The minimum atomic E-state index is -0.326. The van der Waals surface area contributed by atoms with E-state index in [4.69, 9.17) is 14.1 Å². The van der Waals surface area contributed by atoms with Crippen LogP contribution in [-0.4, -0.2) is 84.2 Å². The van der Waals surface area contributed by atoms with Gasteiger partial charge in [-0.2, -0.15) is 4.98 Å². The van der Waals surface area contributed by atoms with Crippen LogP contribution in [0.2, 0.25) is 0 Å². The van der Waals surface area contributed by atoms with Crippen molar-refractivity contribution in [2.24, 2.45) is 0 Å². The van der Waals surface area contributed by atoms with Crippen LogP contribution >= 0.6 is 0 Å². The van der Waals surface area contributed by atoms with Gasteiger partial charge in [0, 0.05) is 43.3 Å². The van der Waals surface area contributed by atoms with Crippen molar-refractivity contribution >= 4 is 29.1 Å². The Bertz CT molecular complexity index is 1040. The van der Waals surface area contributed by atoms with E-state index in [0.29, 0.717) is 47.9 Å². The molecule has 0 spiro atoms. The summed E-state index contributed by atoms with van der Waals surface area (Å²) in [6.45, 7) is 5.10. The summed E-state index contributed by atoms with van der Waals surface area (Å²) in [6, 6.07) is 7.28. The molecular formula is C25H35N5O4. The molecule has 1 aromatic heterocycles. The number of hydrogen-bond acceptors (Lipinski definition) is 7. The molecule has 1 N–H and O–H groups in total. The fourth-order valence-electron chi connectivity index (χ4n) is 6.21. The lowest BCUT2D eigenvalue weighted by Crippen LogP contribution is -2.58. The SMILES string of the molecule is COC(=O)N1C[C@H](C)N(c2nc3c(C(=O)NC4C[C@@H]5CCC[C@@H](C4)N5C)cccc3o2)[C@@H](C)C1. The van der Waals surface area contributed by atoms with Crippen LogP contribution < -0.4 is 10.2 Å². The monoisotopic (exact) mass is 469 g/mol. The first-order valence-electron chi connectivity index (χ1n) is 12.4. The van der Waals surface area contributed by atoms with Gasteiger partial charge in [0.05, 0.1) is 12.7 Å². The Hall–Kier alpha value is -2.81. The zero-order chi connectivity index (χ0) is 24.0. The summed E-state index contributed by atoms with van der Waals surface area (Å²) in [5.74, 6) is -0.0883. The molecule has 2 aromatic rings. The quantitative estimate of drug-likeness (QED) is 0.738. The van der Waals surface area contributed by atoms with Crippen LogP contribution in [0.4, 0.5) is 10.8 Å². The number of ether oxygens (including phenoxy) is 1. The van der Waals surface area contributed by atoms with Gasteiger partial charge in [-0.15, -0.1) is 0 Å². The number of nitrogens with one attached hydrogen (secondary N) is 1. The maximum atomic E-state index is 13.3. The number of fused-ring (bicyclic) bond motifs is 3. The average molecular weight is 470 g/mol. The second-order valence-electron chi connectivity index (χ2n) is 10.2. The second kappa shape index (κ2) is 9.09. The molecule has 1 aromatic carbocycles. The van der Waals surface area contributed by atoms with E-state index in [2.05, 4.69) is 22.2 Å². The Morgan fingerprint density at radius 3 is 2.44 bits per heavy atom. The Kier molecular flexibility index (Phi) is 6.14. The summed E-state index contributed by atoms with van der Waals surface area (Å²) >= 11 is 0. The Morgan fingerprint density at radius 2 is 1.79 bits per heavy atom. The molecule has 0 unspecified atom stereocenters. The highest BCUT2D eigenvalue weighted by Gasteiger charge is 2.37. The van der Waals surface area contributed by atoms with E-state index in [0.717, 1.165) is 12.8 Å². The third kappa shape index (κ3) is 4.10. The lowest BCUT2D eigenvalue weighted by molar-refractivity contribution is 0.0463. The molecule has 3 fully saturated rings. The molecule has 0 aliphatic carbocycles. The predicted molar refractivity (Wildman–Crippen MR) is 129 cm³/mol. The molecule has 0 saturated carbocycles. The van der Waals surface area contributed by atoms with E-state index in [1.807, 2.05) is 32.0 Å². The minimum Gasteiger partial charge on any atom is -0.453 e. The van der Waals surface area contributed by atoms with Gasteiger partial charge in [0.1, 0.15) is 5.52 Å². The van der Waals surface area contributed by atoms with Gasteiger partial charge in [-0.3, -0.25) is 4.79 Å². The van der Waals surface area contributed by atoms with Gasteiger partial charge >= 0.3 is 6.09 Å². The van der Waals surface area contributed by atoms with Gasteiger partial charge in [0.2, 0.25) is 0 Å². The van der Waals surface area contributed by atoms with Gasteiger partial charge in [-0.1, -0.05) is 12.5 Å². The van der Waals surface area contributed by atoms with Gasteiger partial charge in [0.15, 0.2) is 5.58 Å². The Labute approximate surface area is 200 Å². The molecule has 4 heterocycles. The van der Waals surface area contributed by atoms with Crippen molar-refractivity contribution in [2.75, 3.05) is 32.1 Å². The summed E-state index contributed by atoms with van der Waals surface area (Å²) in [5.41, 5.74) is 1.72. The molecule has 9 heteroatoms. The number of aromatic nitrogens is 1. The summed E-state index contributed by atoms with van der Waals surface area (Å²) in [7, 11) is 3.62. The maximum Gasteiger partial charge on any atom is 0.409 e. The van der Waals surface area contributed by atoms with Crippen LogP contribution in [0.5, 0.6) is 0 Å². The van der Waals surface area contributed by atoms with Crippen molar-refractivity contribution in [1.82, 2.24) is 20.1 Å². The van der Waals surface area contributed by atoms with Crippen LogP contribution in [0.1, 0.15) is 56.3 Å². The highest BCUT2D eigenvalue weighted by atomic mass is 16.5. The van der Waals surface area contributed by atoms with Crippen LogP contribution in [0.25, 0.3) is 11.1 Å². The van der Waals surface area contributed by atoms with Gasteiger partial charge in [0.25, 0.3) is 11.9 Å². The number of rotatable bonds is 3. The highest BCUT2D eigenvalue weighted by molar-refractivity contribution is 6.04. The maximum absolute atomic E-state index is 13.3. The van der Waals surface area contributed by atoms with E-state index in [-0.39, 0.29) is 30.1 Å². The number of oxazole rings is 1. The molecule has 2 bridgehead atoms. The van der Waals surface area contributed by atoms with Gasteiger partial charge < -0.3 is 29.2 Å². The van der Waals surface area contributed by atoms with Crippen molar-refractivity contribution in [3.8, 4) is 0 Å². The van der Waals surface area contributed by atoms with Crippen LogP contribution in [0.3, 0.4) is 0 Å². The summed E-state index contributed by atoms with van der Waals surface area (Å²) < 4.78 is 11.0. The first-order valence-corrected chi connectivity index (χ1v) is 12.4. The van der Waals surface area contributed by atoms with Crippen LogP contribution in [0, 0.1) is 0 Å². The lowest BCUT2D eigenvalue weighted by Gasteiger charge is -2.47. The number of carbonyl (C=O) groups is 2. The molecule has 184 valence electrons. The third-order valence-electron chi connectivity index (χ3n) is 7.90. The fourth-order valence-corrected chi connectivity index (χ4v) is 6.21. The summed E-state index contributed by atoms with van der Waals surface area (Å²) in [4.78, 5) is 36.4. The molecule has 4 atom stereocenters. The number of methoxy groups -OCH3 is 1. The van der Waals surface area contributed by atoms with E-state index >= 15 is 0 Å². The van der Waals surface area contributed by atoms with E-state index in [1.54, 1.807) is 4.90 Å². The van der Waals surface area contributed by atoms with Crippen molar-refractivity contribution < 1.29 is 18.7 Å². The zero-order valence-electron chi connectivity index (χ0n) is 20.5. The number of hydrogen-bond donors (Lipinski definition) is 1. The molecule has 3 saturated heterocycles. The number of amides is 2. The molecule has 5 rings (SSSR count). The van der Waals surface area contributed by atoms with Crippen molar-refractivity contribution in [1.29, 1.82) is 0 Å². The molecule has 2 amide bonds. The van der Waals surface area contributed by atoms with E-state index in [1.165, 1.54) is 26.4 Å². The highest BCUT2D eigenvalue weighted by Crippen LogP contribution is 2.33. The van der Waals surface area contributed by atoms with E-state index in [9.17, 15) is 9.59 Å². The molecular weight excluding hydrogens is 434 g/mol. The van der Waals surface area contributed by atoms with Gasteiger partial charge in [-0.05, 0) is 58.7 Å². The average Bonchev–Trinajstić information content (AvgIpc) is 3.22. The number of carbonyl (C=O) groups excluding carboxylic acids is 2. The Morgan fingerprint density at radius 1 is 1.12 bits per heavy atom. The number of anilines is 1. The smallest absolute Gasteiger partial charge is 0.409 e. The topological polar surface area (TPSA) is 91.1 Å². The Balaban J connectivity index is 1.35. The van der Waals surface area contributed by atoms with Crippen molar-refractivity contribution in [3.05, 3.63) is 23.8 Å². The number of piperazine rings is 1. The van der Waals surface area contributed by atoms with Gasteiger partial charge in [-0.25, -0.2) is 4.79 Å². The zero-order valence-corrected chi connectivity index (χ0v) is 20.5. The third-order valence-corrected chi connectivity index (χ3v) is 7.90. The molecule has 34 heavy (non-hydrogen) atoms. The predicted octanol–water partition coefficient (Wildman–Crippen LogP) is 3.24. The number of piperidine rings is 2. The van der Waals surface area contributed by atoms with Crippen LogP contribution in [0.15, 0.2) is 22.6 Å². The summed E-state index contributed by atoms with van der Waals surface area (Å²) in [6.07, 6.45) is 5.37. The lowest BCUT2D eigenvalue weighted by atomic mass is 9.82. The standard InChI is InChI=1S/C25H35N5O4/c1-15-13-29(25(32)33-4)14-16(2)30(15)24-27-22-20(9-6-10-21(22)34-24)23(31)26-17-11-18-7-5-8-19(12-17)28(18)3/h6,9-10,15-19H,5,7-8,11-14H2,1-4H3,(H,26,31)/t15-,16-,18-,19-/m0/s1. The largest absolute Gasteiger partial charge is 0.453 e. The number of para-hydroxylation sites is 1. The number of benzene rings is 1. The molecule has 9 nitrogen and oxygen atoms in total. The first-order chi connectivity index (χ1) is 16.4.